The van der Waals surface area contributed by atoms with Crippen molar-refractivity contribution in [2.75, 3.05) is 38.0 Å². The van der Waals surface area contributed by atoms with E-state index in [1.165, 1.54) is 11.3 Å². The van der Waals surface area contributed by atoms with Crippen molar-refractivity contribution in [3.05, 3.63) is 24.3 Å². The van der Waals surface area contributed by atoms with Crippen molar-refractivity contribution < 1.29 is 18.1 Å². The number of hydrogen-bond donors (Lipinski definition) is 2. The second-order valence-electron chi connectivity index (χ2n) is 8.67. The number of nitrogens with one attached hydrogen (secondary N) is 2. The van der Waals surface area contributed by atoms with Crippen molar-refractivity contribution in [2.45, 2.75) is 50.8 Å². The van der Waals surface area contributed by atoms with Crippen LogP contribution in [0, 0.1) is 11.8 Å². The van der Waals surface area contributed by atoms with Gasteiger partial charge in [-0.2, -0.15) is 4.31 Å². The van der Waals surface area contributed by atoms with Crippen molar-refractivity contribution >= 4 is 21.6 Å². The third-order valence-electron chi connectivity index (χ3n) is 5.83. The first-order valence-electron chi connectivity index (χ1n) is 10.6. The van der Waals surface area contributed by atoms with E-state index in [9.17, 15) is 13.2 Å². The van der Waals surface area contributed by atoms with Crippen LogP contribution in [0.1, 0.15) is 46.0 Å². The first kappa shape index (κ1) is 21.3. The number of likely N-dealkylation sites (tertiary alicyclic amines) is 1. The van der Waals surface area contributed by atoms with Gasteiger partial charge in [-0.15, -0.1) is 0 Å². The molecule has 2 fully saturated rings. The topological polar surface area (TPSA) is 70.9 Å². The molecule has 2 heterocycles. The van der Waals surface area contributed by atoms with Gasteiger partial charge in [-0.3, -0.25) is 4.79 Å². The van der Waals surface area contributed by atoms with Crippen molar-refractivity contribution in [2.24, 2.45) is 11.8 Å². The fourth-order valence-electron chi connectivity index (χ4n) is 4.64. The summed E-state index contributed by atoms with van der Waals surface area (Å²) in [5.41, 5.74) is 0.650. The van der Waals surface area contributed by atoms with Gasteiger partial charge in [0.15, 0.2) is 6.54 Å². The summed E-state index contributed by atoms with van der Waals surface area (Å²) in [6.07, 6.45) is 5.26. The van der Waals surface area contributed by atoms with E-state index in [-0.39, 0.29) is 5.91 Å². The maximum atomic E-state index is 12.8. The minimum absolute atomic E-state index is 0.0144. The molecule has 2 aliphatic heterocycles. The van der Waals surface area contributed by atoms with E-state index >= 15 is 0 Å². The van der Waals surface area contributed by atoms with E-state index < -0.39 is 10.0 Å². The molecule has 3 rings (SSSR count). The predicted molar refractivity (Wildman–Crippen MR) is 111 cm³/mol. The maximum Gasteiger partial charge on any atom is 0.279 e. The summed E-state index contributed by atoms with van der Waals surface area (Å²) in [6.45, 7) is 8.21. The summed E-state index contributed by atoms with van der Waals surface area (Å²) in [5, 5.41) is 2.92. The molecular formula is C21H34N3O3S+. The molecule has 1 unspecified atom stereocenters. The Bertz CT molecular complexity index is 746. The fraction of sp³-hybridized carbons (Fsp3) is 0.667. The number of nitrogens with zero attached hydrogens (tertiary/aromatic N) is 1. The Morgan fingerprint density at radius 2 is 1.61 bits per heavy atom. The molecule has 0 aliphatic carbocycles. The van der Waals surface area contributed by atoms with Crippen LogP contribution in [0.25, 0.3) is 0 Å². The summed E-state index contributed by atoms with van der Waals surface area (Å²) in [7, 11) is -3.45. The summed E-state index contributed by atoms with van der Waals surface area (Å²) < 4.78 is 27.3. The Labute approximate surface area is 169 Å². The number of carbonyl (C=O) groups is 1. The average molecular weight is 409 g/mol. The summed E-state index contributed by atoms with van der Waals surface area (Å²) in [6, 6.07) is 6.60. The summed E-state index contributed by atoms with van der Waals surface area (Å²) in [4.78, 5) is 14.0. The molecule has 1 aromatic carbocycles. The number of benzene rings is 1. The molecule has 6 nitrogen and oxygen atoms in total. The Morgan fingerprint density at radius 3 is 2.18 bits per heavy atom. The third-order valence-corrected chi connectivity index (χ3v) is 7.74. The molecule has 28 heavy (non-hydrogen) atoms. The number of quaternary nitrogens is 1. The van der Waals surface area contributed by atoms with E-state index in [0.29, 0.717) is 42.1 Å². The number of piperidine rings is 1. The van der Waals surface area contributed by atoms with Crippen molar-refractivity contribution in [1.29, 1.82) is 0 Å². The standard InChI is InChI=1S/C21H33N3O3S/c1-17-13-18(2)15-23(14-17)16-21(25)22-19-7-9-20(10-8-19)28(26,27)24-11-5-3-4-6-12-24/h7-10,17-18H,3-6,11-16H2,1-2H3,(H,22,25)/p+1/t17-,18+. The van der Waals surface area contributed by atoms with Crippen LogP contribution < -0.4 is 10.2 Å². The number of rotatable bonds is 5. The average Bonchev–Trinajstić information content (AvgIpc) is 2.91. The molecular weight excluding hydrogens is 374 g/mol. The van der Waals surface area contributed by atoms with Crippen LogP contribution in [0.4, 0.5) is 5.69 Å². The number of sulfonamides is 1. The molecule has 156 valence electrons. The van der Waals surface area contributed by atoms with E-state index in [0.717, 1.165) is 38.8 Å². The Morgan fingerprint density at radius 1 is 1.04 bits per heavy atom. The van der Waals surface area contributed by atoms with E-state index in [4.69, 9.17) is 0 Å². The van der Waals surface area contributed by atoms with E-state index in [1.54, 1.807) is 28.6 Å². The van der Waals surface area contributed by atoms with Gasteiger partial charge in [0.05, 0.1) is 18.0 Å². The second kappa shape index (κ2) is 9.37. The normalized spacial score (nSPS) is 27.1. The van der Waals surface area contributed by atoms with Crippen LogP contribution >= 0.6 is 0 Å². The van der Waals surface area contributed by atoms with Gasteiger partial charge in [-0.25, -0.2) is 8.42 Å². The smallest absolute Gasteiger partial charge is 0.279 e. The molecule has 1 amide bonds. The Balaban J connectivity index is 1.58. The first-order chi connectivity index (χ1) is 13.3. The quantitative estimate of drug-likeness (QED) is 0.780. The molecule has 0 spiro atoms. The van der Waals surface area contributed by atoms with Gasteiger partial charge >= 0.3 is 0 Å². The molecule has 0 radical (unpaired) electrons. The Kier molecular flexibility index (Phi) is 7.12. The van der Waals surface area contributed by atoms with Gasteiger partial charge in [0, 0.05) is 30.6 Å². The van der Waals surface area contributed by atoms with Crippen LogP contribution in [0.5, 0.6) is 0 Å². The Hall–Kier alpha value is -1.44. The molecule has 7 heteroatoms. The molecule has 2 N–H and O–H groups in total. The summed E-state index contributed by atoms with van der Waals surface area (Å²) >= 11 is 0. The van der Waals surface area contributed by atoms with Crippen LogP contribution in [0.15, 0.2) is 29.2 Å². The highest BCUT2D eigenvalue weighted by Gasteiger charge is 2.27. The monoisotopic (exact) mass is 408 g/mol. The predicted octanol–water partition coefficient (Wildman–Crippen LogP) is 1.75. The number of amides is 1. The van der Waals surface area contributed by atoms with Gasteiger partial charge < -0.3 is 10.2 Å². The first-order valence-corrected chi connectivity index (χ1v) is 12.0. The molecule has 0 aromatic heterocycles. The van der Waals surface area contributed by atoms with Gasteiger partial charge in [-0.1, -0.05) is 26.7 Å². The molecule has 2 saturated heterocycles. The molecule has 1 aromatic rings. The highest BCUT2D eigenvalue weighted by molar-refractivity contribution is 7.89. The molecule has 3 atom stereocenters. The van der Waals surface area contributed by atoms with Crippen LogP contribution in [0.2, 0.25) is 0 Å². The molecule has 2 aliphatic rings. The number of hydrogen-bond acceptors (Lipinski definition) is 3. The minimum atomic E-state index is -3.45. The van der Waals surface area contributed by atoms with E-state index in [1.807, 2.05) is 0 Å². The second-order valence-corrected chi connectivity index (χ2v) is 10.6. The minimum Gasteiger partial charge on any atom is -0.327 e. The number of anilines is 1. The lowest BCUT2D eigenvalue weighted by molar-refractivity contribution is -0.904. The zero-order valence-electron chi connectivity index (χ0n) is 17.1. The van der Waals surface area contributed by atoms with Crippen LogP contribution in [-0.4, -0.2) is 51.4 Å². The van der Waals surface area contributed by atoms with Gasteiger partial charge in [0.25, 0.3) is 5.91 Å². The molecule has 0 bridgehead atoms. The van der Waals surface area contributed by atoms with E-state index in [2.05, 4.69) is 19.2 Å². The number of carbonyl (C=O) groups excluding carboxylic acids is 1. The molecule has 0 saturated carbocycles. The van der Waals surface area contributed by atoms with Crippen LogP contribution in [-0.2, 0) is 14.8 Å². The van der Waals surface area contributed by atoms with Crippen molar-refractivity contribution in [3.63, 3.8) is 0 Å². The lowest BCUT2D eigenvalue weighted by Gasteiger charge is -2.31. The SMILES string of the molecule is C[C@@H]1C[C@H](C)C[NH+](CC(=O)Nc2ccc(S(=O)(=O)N3CCCCCC3)cc2)C1. The van der Waals surface area contributed by atoms with Crippen molar-refractivity contribution in [1.82, 2.24) is 4.31 Å². The lowest BCUT2D eigenvalue weighted by Crippen LogP contribution is -3.15. The fourth-order valence-corrected chi connectivity index (χ4v) is 6.16. The lowest BCUT2D eigenvalue weighted by atomic mass is 9.92. The highest BCUT2D eigenvalue weighted by atomic mass is 32.2. The highest BCUT2D eigenvalue weighted by Crippen LogP contribution is 2.21. The third kappa shape index (κ3) is 5.55. The van der Waals surface area contributed by atoms with Gasteiger partial charge in [0.1, 0.15) is 0 Å². The van der Waals surface area contributed by atoms with Crippen LogP contribution in [0.3, 0.4) is 0 Å². The van der Waals surface area contributed by atoms with Gasteiger partial charge in [0.2, 0.25) is 10.0 Å². The maximum absolute atomic E-state index is 12.8. The zero-order valence-corrected chi connectivity index (χ0v) is 17.9. The van der Waals surface area contributed by atoms with Crippen molar-refractivity contribution in [3.8, 4) is 0 Å². The summed E-state index contributed by atoms with van der Waals surface area (Å²) in [5.74, 6) is 1.28. The zero-order chi connectivity index (χ0) is 20.1. The van der Waals surface area contributed by atoms with Gasteiger partial charge in [-0.05, 0) is 43.5 Å². The largest absolute Gasteiger partial charge is 0.327 e.